The number of rotatable bonds is 4. The Bertz CT molecular complexity index is 574. The molecule has 20 heavy (non-hydrogen) atoms. The zero-order valence-electron chi connectivity index (χ0n) is 12.4. The van der Waals surface area contributed by atoms with E-state index in [1.165, 1.54) is 5.56 Å². The Morgan fingerprint density at radius 2 is 1.90 bits per heavy atom. The topological polar surface area (TPSA) is 62.7 Å². The van der Waals surface area contributed by atoms with Gasteiger partial charge in [-0.2, -0.15) is 10.1 Å². The van der Waals surface area contributed by atoms with Gasteiger partial charge in [0.2, 0.25) is 5.95 Å². The van der Waals surface area contributed by atoms with Crippen LogP contribution in [0.25, 0.3) is 0 Å². The van der Waals surface area contributed by atoms with Gasteiger partial charge in [0.15, 0.2) is 5.82 Å². The van der Waals surface area contributed by atoms with Gasteiger partial charge in [-0.05, 0) is 38.8 Å². The molecule has 0 aliphatic carbocycles. The first-order chi connectivity index (χ1) is 9.48. The van der Waals surface area contributed by atoms with Gasteiger partial charge < -0.3 is 10.6 Å². The van der Waals surface area contributed by atoms with Crippen molar-refractivity contribution in [3.05, 3.63) is 36.0 Å². The molecule has 0 amide bonds. The Kier molecular flexibility index (Phi) is 4.17. The van der Waals surface area contributed by atoms with Gasteiger partial charge in [0, 0.05) is 11.2 Å². The molecule has 5 heteroatoms. The van der Waals surface area contributed by atoms with Gasteiger partial charge in [0.05, 0.1) is 6.20 Å². The Balaban J connectivity index is 2.19. The van der Waals surface area contributed by atoms with Crippen molar-refractivity contribution in [2.45, 2.75) is 39.7 Å². The monoisotopic (exact) mass is 271 g/mol. The largest absolute Gasteiger partial charge is 0.348 e. The fourth-order valence-electron chi connectivity index (χ4n) is 1.84. The summed E-state index contributed by atoms with van der Waals surface area (Å²) >= 11 is 0. The summed E-state index contributed by atoms with van der Waals surface area (Å²) in [5, 5.41) is 14.5. The minimum atomic E-state index is -0.0956. The number of para-hydroxylation sites is 1. The third kappa shape index (κ3) is 3.91. The highest BCUT2D eigenvalue weighted by atomic mass is 15.3. The van der Waals surface area contributed by atoms with E-state index in [-0.39, 0.29) is 5.54 Å². The number of benzene rings is 1. The maximum Gasteiger partial charge on any atom is 0.245 e. The molecular formula is C15H21N5. The molecule has 0 bridgehead atoms. The van der Waals surface area contributed by atoms with Gasteiger partial charge in [0.25, 0.3) is 0 Å². The molecule has 0 aliphatic rings. The highest BCUT2D eigenvalue weighted by molar-refractivity contribution is 5.60. The zero-order valence-corrected chi connectivity index (χ0v) is 12.4. The average molecular weight is 271 g/mol. The number of hydrogen-bond acceptors (Lipinski definition) is 5. The van der Waals surface area contributed by atoms with Crippen LogP contribution in [0.2, 0.25) is 0 Å². The van der Waals surface area contributed by atoms with Crippen molar-refractivity contribution in [2.75, 3.05) is 10.6 Å². The zero-order chi connectivity index (χ0) is 14.6. The van der Waals surface area contributed by atoms with Crippen molar-refractivity contribution >= 4 is 17.5 Å². The van der Waals surface area contributed by atoms with Gasteiger partial charge in [-0.1, -0.05) is 25.1 Å². The summed E-state index contributed by atoms with van der Waals surface area (Å²) in [6, 6.07) is 8.18. The standard InChI is InChI=1S/C15H21N5/c1-5-11-8-6-7-9-12(11)17-13-10-16-20-14(18-13)19-15(2,3)4/h6-10H,5H2,1-4H3,(H2,17,18,19,20). The van der Waals surface area contributed by atoms with Crippen LogP contribution in [0.4, 0.5) is 17.5 Å². The molecule has 0 unspecified atom stereocenters. The summed E-state index contributed by atoms with van der Waals surface area (Å²) in [7, 11) is 0. The summed E-state index contributed by atoms with van der Waals surface area (Å²) in [6.45, 7) is 8.31. The lowest BCUT2D eigenvalue weighted by molar-refractivity contribution is 0.623. The highest BCUT2D eigenvalue weighted by Gasteiger charge is 2.12. The molecule has 0 saturated carbocycles. The lowest BCUT2D eigenvalue weighted by Crippen LogP contribution is -2.27. The second-order valence-electron chi connectivity index (χ2n) is 5.68. The van der Waals surface area contributed by atoms with Crippen LogP contribution in [0, 0.1) is 0 Å². The van der Waals surface area contributed by atoms with Gasteiger partial charge >= 0.3 is 0 Å². The molecule has 5 nitrogen and oxygen atoms in total. The quantitative estimate of drug-likeness (QED) is 0.892. The summed E-state index contributed by atoms with van der Waals surface area (Å²) < 4.78 is 0. The SMILES string of the molecule is CCc1ccccc1Nc1cnnc(NC(C)(C)C)n1. The van der Waals surface area contributed by atoms with Crippen LogP contribution in [0.5, 0.6) is 0 Å². The molecule has 2 aromatic rings. The van der Waals surface area contributed by atoms with E-state index < -0.39 is 0 Å². The summed E-state index contributed by atoms with van der Waals surface area (Å²) in [4.78, 5) is 4.43. The van der Waals surface area contributed by atoms with E-state index in [4.69, 9.17) is 0 Å². The number of nitrogens with one attached hydrogen (secondary N) is 2. The van der Waals surface area contributed by atoms with Crippen molar-refractivity contribution in [3.8, 4) is 0 Å². The van der Waals surface area contributed by atoms with Crippen LogP contribution in [0.3, 0.4) is 0 Å². The van der Waals surface area contributed by atoms with Gasteiger partial charge in [-0.3, -0.25) is 0 Å². The van der Waals surface area contributed by atoms with Crippen LogP contribution in [-0.2, 0) is 6.42 Å². The van der Waals surface area contributed by atoms with Crippen molar-refractivity contribution in [2.24, 2.45) is 0 Å². The molecule has 0 spiro atoms. The second kappa shape index (κ2) is 5.86. The Morgan fingerprint density at radius 3 is 2.60 bits per heavy atom. The normalized spacial score (nSPS) is 11.2. The highest BCUT2D eigenvalue weighted by Crippen LogP contribution is 2.20. The summed E-state index contributed by atoms with van der Waals surface area (Å²) in [5.74, 6) is 1.21. The van der Waals surface area contributed by atoms with E-state index in [9.17, 15) is 0 Å². The van der Waals surface area contributed by atoms with E-state index in [1.807, 2.05) is 18.2 Å². The Labute approximate surface area is 119 Å². The first-order valence-corrected chi connectivity index (χ1v) is 6.81. The maximum atomic E-state index is 4.43. The number of aryl methyl sites for hydroxylation is 1. The van der Waals surface area contributed by atoms with Crippen molar-refractivity contribution in [3.63, 3.8) is 0 Å². The average Bonchev–Trinajstić information content (AvgIpc) is 2.38. The van der Waals surface area contributed by atoms with Gasteiger partial charge in [-0.15, -0.1) is 5.10 Å². The number of nitrogens with zero attached hydrogens (tertiary/aromatic N) is 3. The lowest BCUT2D eigenvalue weighted by Gasteiger charge is -2.20. The van der Waals surface area contributed by atoms with Crippen LogP contribution in [0.1, 0.15) is 33.3 Å². The lowest BCUT2D eigenvalue weighted by atomic mass is 10.1. The second-order valence-corrected chi connectivity index (χ2v) is 5.68. The molecule has 0 radical (unpaired) electrons. The fraction of sp³-hybridized carbons (Fsp3) is 0.400. The van der Waals surface area contributed by atoms with Crippen LogP contribution in [-0.4, -0.2) is 20.7 Å². The summed E-state index contributed by atoms with van der Waals surface area (Å²) in [5.41, 5.74) is 2.20. The fourth-order valence-corrected chi connectivity index (χ4v) is 1.84. The van der Waals surface area contributed by atoms with E-state index in [1.54, 1.807) is 6.20 Å². The number of anilines is 3. The van der Waals surface area contributed by atoms with Crippen LogP contribution < -0.4 is 10.6 Å². The molecule has 0 fully saturated rings. The first-order valence-electron chi connectivity index (χ1n) is 6.81. The molecule has 0 atom stereocenters. The van der Waals surface area contributed by atoms with Crippen molar-refractivity contribution in [1.82, 2.24) is 15.2 Å². The minimum absolute atomic E-state index is 0.0956. The maximum absolute atomic E-state index is 4.43. The van der Waals surface area contributed by atoms with E-state index in [0.29, 0.717) is 11.8 Å². The number of hydrogen-bond donors (Lipinski definition) is 2. The van der Waals surface area contributed by atoms with Crippen molar-refractivity contribution < 1.29 is 0 Å². The molecule has 0 aliphatic heterocycles. The van der Waals surface area contributed by atoms with Gasteiger partial charge in [0.1, 0.15) is 0 Å². The third-order valence-corrected chi connectivity index (χ3v) is 2.71. The predicted molar refractivity (Wildman–Crippen MR) is 82.3 cm³/mol. The molecule has 1 aromatic carbocycles. The molecular weight excluding hydrogens is 250 g/mol. The molecule has 1 heterocycles. The first kappa shape index (κ1) is 14.2. The molecule has 106 valence electrons. The van der Waals surface area contributed by atoms with E-state index in [2.05, 4.69) is 59.6 Å². The van der Waals surface area contributed by atoms with E-state index in [0.717, 1.165) is 12.1 Å². The molecule has 0 saturated heterocycles. The van der Waals surface area contributed by atoms with E-state index >= 15 is 0 Å². The van der Waals surface area contributed by atoms with Crippen molar-refractivity contribution in [1.29, 1.82) is 0 Å². The number of aromatic nitrogens is 3. The van der Waals surface area contributed by atoms with Crippen LogP contribution >= 0.6 is 0 Å². The van der Waals surface area contributed by atoms with Crippen LogP contribution in [0.15, 0.2) is 30.5 Å². The Morgan fingerprint density at radius 1 is 1.15 bits per heavy atom. The smallest absolute Gasteiger partial charge is 0.245 e. The third-order valence-electron chi connectivity index (χ3n) is 2.71. The minimum Gasteiger partial charge on any atom is -0.348 e. The molecule has 2 rings (SSSR count). The molecule has 2 N–H and O–H groups in total. The Hall–Kier alpha value is -2.17. The van der Waals surface area contributed by atoms with Gasteiger partial charge in [-0.25, -0.2) is 0 Å². The molecule has 1 aromatic heterocycles. The predicted octanol–water partition coefficient (Wildman–Crippen LogP) is 3.39. The summed E-state index contributed by atoms with van der Waals surface area (Å²) in [6.07, 6.45) is 2.59.